The molecule has 2 aliphatic rings. The Morgan fingerprint density at radius 3 is 2.61 bits per heavy atom. The quantitative estimate of drug-likeness (QED) is 0.614. The van der Waals surface area contributed by atoms with Gasteiger partial charge in [0.1, 0.15) is 0 Å². The number of hydrogen-bond acceptors (Lipinski definition) is 6. The van der Waals surface area contributed by atoms with Crippen molar-refractivity contribution in [3.63, 3.8) is 0 Å². The van der Waals surface area contributed by atoms with Crippen molar-refractivity contribution in [2.24, 2.45) is 5.92 Å². The Bertz CT molecular complexity index is 902. The average Bonchev–Trinajstić information content (AvgIpc) is 2.76. The summed E-state index contributed by atoms with van der Waals surface area (Å²) in [7, 11) is -3.63. The summed E-state index contributed by atoms with van der Waals surface area (Å²) in [6, 6.07) is 4.38. The highest BCUT2D eigenvalue weighted by molar-refractivity contribution is 7.89. The van der Waals surface area contributed by atoms with Crippen molar-refractivity contribution in [1.29, 1.82) is 0 Å². The number of nitrogens with one attached hydrogen (secondary N) is 1. The van der Waals surface area contributed by atoms with Gasteiger partial charge in [-0.15, -0.1) is 0 Å². The molecule has 1 aromatic carbocycles. The van der Waals surface area contributed by atoms with Gasteiger partial charge in [-0.2, -0.15) is 4.31 Å². The van der Waals surface area contributed by atoms with Crippen molar-refractivity contribution < 1.29 is 22.7 Å². The maximum Gasteiger partial charge on any atom is 0.310 e. The first kappa shape index (κ1) is 24.0. The van der Waals surface area contributed by atoms with Crippen molar-refractivity contribution in [1.82, 2.24) is 9.21 Å². The summed E-state index contributed by atoms with van der Waals surface area (Å²) in [4.78, 5) is 26.6. The van der Waals surface area contributed by atoms with Crippen molar-refractivity contribution in [2.75, 3.05) is 44.6 Å². The number of piperidine rings is 2. The van der Waals surface area contributed by atoms with Gasteiger partial charge in [0, 0.05) is 19.6 Å². The lowest BCUT2D eigenvalue weighted by Crippen LogP contribution is -2.43. The number of amides is 1. The summed E-state index contributed by atoms with van der Waals surface area (Å²) in [5.74, 6) is -0.770. The zero-order valence-corrected chi connectivity index (χ0v) is 19.4. The van der Waals surface area contributed by atoms with E-state index in [1.54, 1.807) is 6.92 Å². The van der Waals surface area contributed by atoms with Gasteiger partial charge < -0.3 is 10.1 Å². The number of carbonyl (C=O) groups excluding carboxylic acids is 2. The maximum absolute atomic E-state index is 12.9. The highest BCUT2D eigenvalue weighted by Gasteiger charge is 2.29. The fourth-order valence-corrected chi connectivity index (χ4v) is 5.77. The van der Waals surface area contributed by atoms with Crippen LogP contribution >= 0.6 is 11.6 Å². The molecule has 0 aliphatic carbocycles. The Morgan fingerprint density at radius 2 is 1.90 bits per heavy atom. The molecule has 2 saturated heterocycles. The summed E-state index contributed by atoms with van der Waals surface area (Å²) in [5.41, 5.74) is 0.267. The molecule has 1 atom stereocenters. The molecule has 0 aromatic heterocycles. The van der Waals surface area contributed by atoms with Crippen LogP contribution in [0.1, 0.15) is 39.0 Å². The van der Waals surface area contributed by atoms with Crippen LogP contribution in [-0.4, -0.2) is 68.8 Å². The highest BCUT2D eigenvalue weighted by atomic mass is 35.5. The molecule has 1 N–H and O–H groups in total. The normalized spacial score (nSPS) is 20.9. The smallest absolute Gasteiger partial charge is 0.310 e. The van der Waals surface area contributed by atoms with Gasteiger partial charge >= 0.3 is 5.97 Å². The number of esters is 1. The molecule has 10 heteroatoms. The number of likely N-dealkylation sites (tertiary alicyclic amines) is 1. The Hall–Kier alpha value is -1.68. The van der Waals surface area contributed by atoms with Gasteiger partial charge in [-0.25, -0.2) is 8.42 Å². The SMILES string of the molecule is CCOC(=O)C1CCCN(CC(=O)Nc2cc(S(=O)(=O)N3CCCCC3)ccc2Cl)C1. The standard InChI is InChI=1S/C21H30ClN3O5S/c1-2-30-21(27)16-7-6-10-24(14-16)15-20(26)23-19-13-17(8-9-18(19)22)31(28,29)25-11-4-3-5-12-25/h8-9,13,16H,2-7,10-12,14-15H2,1H3,(H,23,26). The second-order valence-corrected chi connectivity index (χ2v) is 10.3. The molecule has 0 radical (unpaired) electrons. The van der Waals surface area contributed by atoms with Gasteiger partial charge in [-0.05, 0) is 57.4 Å². The molecule has 3 rings (SSSR count). The Balaban J connectivity index is 1.64. The van der Waals surface area contributed by atoms with E-state index in [0.29, 0.717) is 32.8 Å². The molecule has 172 valence electrons. The molecular weight excluding hydrogens is 442 g/mol. The van der Waals surface area contributed by atoms with Crippen LogP contribution in [0.5, 0.6) is 0 Å². The molecule has 2 heterocycles. The molecule has 2 fully saturated rings. The van der Waals surface area contributed by atoms with Gasteiger partial charge in [0.2, 0.25) is 15.9 Å². The van der Waals surface area contributed by atoms with Crippen molar-refractivity contribution in [3.05, 3.63) is 23.2 Å². The van der Waals surface area contributed by atoms with E-state index < -0.39 is 10.0 Å². The van der Waals surface area contributed by atoms with Crippen LogP contribution in [0, 0.1) is 5.92 Å². The van der Waals surface area contributed by atoms with Crippen molar-refractivity contribution in [2.45, 2.75) is 43.9 Å². The van der Waals surface area contributed by atoms with Crippen LogP contribution in [0.15, 0.2) is 23.1 Å². The zero-order chi connectivity index (χ0) is 22.4. The fraction of sp³-hybridized carbons (Fsp3) is 0.619. The lowest BCUT2D eigenvalue weighted by atomic mass is 9.98. The van der Waals surface area contributed by atoms with Crippen LogP contribution in [0.25, 0.3) is 0 Å². The lowest BCUT2D eigenvalue weighted by Gasteiger charge is -2.30. The molecule has 1 aromatic rings. The molecule has 0 spiro atoms. The van der Waals surface area contributed by atoms with Crippen molar-refractivity contribution >= 4 is 39.2 Å². The number of carbonyl (C=O) groups is 2. The van der Waals surface area contributed by atoms with Gasteiger partial charge in [0.05, 0.1) is 34.7 Å². The van der Waals surface area contributed by atoms with Crippen LogP contribution in [0.4, 0.5) is 5.69 Å². The van der Waals surface area contributed by atoms with E-state index in [0.717, 1.165) is 32.1 Å². The van der Waals surface area contributed by atoms with Gasteiger partial charge in [-0.1, -0.05) is 18.0 Å². The number of rotatable bonds is 7. The highest BCUT2D eigenvalue weighted by Crippen LogP contribution is 2.28. The maximum atomic E-state index is 12.9. The number of anilines is 1. The van der Waals surface area contributed by atoms with E-state index in [4.69, 9.17) is 16.3 Å². The molecule has 0 bridgehead atoms. The lowest BCUT2D eigenvalue weighted by molar-refractivity contribution is -0.150. The number of nitrogens with zero attached hydrogens (tertiary/aromatic N) is 2. The zero-order valence-electron chi connectivity index (χ0n) is 17.8. The van der Waals surface area contributed by atoms with Crippen LogP contribution < -0.4 is 5.32 Å². The van der Waals surface area contributed by atoms with Gasteiger partial charge in [0.25, 0.3) is 0 Å². The molecule has 1 unspecified atom stereocenters. The summed E-state index contributed by atoms with van der Waals surface area (Å²) >= 11 is 6.22. The second-order valence-electron chi connectivity index (χ2n) is 7.98. The summed E-state index contributed by atoms with van der Waals surface area (Å²) < 4.78 is 32.4. The molecule has 8 nitrogen and oxygen atoms in total. The Labute approximate surface area is 188 Å². The molecule has 1 amide bonds. The minimum atomic E-state index is -3.63. The fourth-order valence-electron chi connectivity index (χ4n) is 4.06. The number of benzene rings is 1. The molecular formula is C21H30ClN3O5S. The van der Waals surface area contributed by atoms with Crippen LogP contribution in [0.2, 0.25) is 5.02 Å². The van der Waals surface area contributed by atoms with Crippen molar-refractivity contribution in [3.8, 4) is 0 Å². The van der Waals surface area contributed by atoms with Gasteiger partial charge in [-0.3, -0.25) is 14.5 Å². The number of hydrogen-bond donors (Lipinski definition) is 1. The second kappa shape index (κ2) is 10.8. The minimum Gasteiger partial charge on any atom is -0.466 e. The van der Waals surface area contributed by atoms with E-state index in [9.17, 15) is 18.0 Å². The largest absolute Gasteiger partial charge is 0.466 e. The van der Waals surface area contributed by atoms with E-state index in [1.165, 1.54) is 22.5 Å². The Kier molecular flexibility index (Phi) is 8.32. The number of sulfonamides is 1. The monoisotopic (exact) mass is 471 g/mol. The Morgan fingerprint density at radius 1 is 1.16 bits per heavy atom. The van der Waals surface area contributed by atoms with E-state index >= 15 is 0 Å². The first-order valence-electron chi connectivity index (χ1n) is 10.8. The molecule has 2 aliphatic heterocycles. The van der Waals surface area contributed by atoms with Crippen LogP contribution in [-0.2, 0) is 24.3 Å². The summed E-state index contributed by atoms with van der Waals surface area (Å²) in [5, 5.41) is 3.00. The number of ether oxygens (including phenoxy) is 1. The third kappa shape index (κ3) is 6.19. The molecule has 31 heavy (non-hydrogen) atoms. The summed E-state index contributed by atoms with van der Waals surface area (Å²) in [6.07, 6.45) is 4.28. The van der Waals surface area contributed by atoms with E-state index in [1.807, 2.05) is 4.90 Å². The minimum absolute atomic E-state index is 0.0926. The first-order chi connectivity index (χ1) is 14.8. The van der Waals surface area contributed by atoms with E-state index in [-0.39, 0.29) is 39.9 Å². The predicted molar refractivity (Wildman–Crippen MR) is 118 cm³/mol. The van der Waals surface area contributed by atoms with E-state index in [2.05, 4.69) is 5.32 Å². The third-order valence-electron chi connectivity index (χ3n) is 5.66. The molecule has 0 saturated carbocycles. The topological polar surface area (TPSA) is 96.0 Å². The first-order valence-corrected chi connectivity index (χ1v) is 12.6. The third-order valence-corrected chi connectivity index (χ3v) is 7.88. The van der Waals surface area contributed by atoms with Gasteiger partial charge in [0.15, 0.2) is 0 Å². The number of halogens is 1. The average molecular weight is 472 g/mol. The van der Waals surface area contributed by atoms with Crippen LogP contribution in [0.3, 0.4) is 0 Å². The summed E-state index contributed by atoms with van der Waals surface area (Å²) in [6.45, 7) is 4.38. The predicted octanol–water partition coefficient (Wildman–Crippen LogP) is 2.73.